The Kier molecular flexibility index (Phi) is 2.27. The van der Waals surface area contributed by atoms with Crippen LogP contribution < -0.4 is 0 Å². The second-order valence-corrected chi connectivity index (χ2v) is 4.73. The van der Waals surface area contributed by atoms with E-state index in [1.165, 1.54) is 0 Å². The molecule has 1 heterocycles. The maximum Gasteiger partial charge on any atom is 0.304 e. The third-order valence-electron chi connectivity index (χ3n) is 3.38. The predicted octanol–water partition coefficient (Wildman–Crippen LogP) is 0.306. The van der Waals surface area contributed by atoms with Crippen LogP contribution >= 0.6 is 0 Å². The molecule has 0 amide bonds. The minimum absolute atomic E-state index is 0.0477. The molecule has 2 rings (SSSR count). The quantitative estimate of drug-likeness (QED) is 0.684. The molecule has 4 nitrogen and oxygen atoms in total. The lowest BCUT2D eigenvalue weighted by Gasteiger charge is -2.49. The van der Waals surface area contributed by atoms with E-state index in [9.17, 15) is 9.90 Å². The van der Waals surface area contributed by atoms with Crippen molar-refractivity contribution < 1.29 is 15.0 Å². The number of hydrogen-bond acceptors (Lipinski definition) is 3. The molecule has 2 N–H and O–H groups in total. The van der Waals surface area contributed by atoms with Gasteiger partial charge in [-0.3, -0.25) is 9.69 Å². The van der Waals surface area contributed by atoms with Gasteiger partial charge < -0.3 is 10.2 Å². The van der Waals surface area contributed by atoms with Gasteiger partial charge in [-0.05, 0) is 25.7 Å². The van der Waals surface area contributed by atoms with E-state index in [2.05, 4.69) is 0 Å². The van der Waals surface area contributed by atoms with Crippen molar-refractivity contribution in [3.05, 3.63) is 0 Å². The average molecular weight is 199 g/mol. The second kappa shape index (κ2) is 3.21. The molecule has 1 saturated carbocycles. The first-order chi connectivity index (χ1) is 6.51. The van der Waals surface area contributed by atoms with E-state index < -0.39 is 11.6 Å². The molecule has 0 radical (unpaired) electrons. The third kappa shape index (κ3) is 1.77. The Bertz CT molecular complexity index is 244. The van der Waals surface area contributed by atoms with Gasteiger partial charge in [0, 0.05) is 19.1 Å². The topological polar surface area (TPSA) is 60.8 Å². The number of nitrogens with zero attached hydrogens (tertiary/aromatic N) is 1. The molecule has 0 aromatic carbocycles. The van der Waals surface area contributed by atoms with Crippen molar-refractivity contribution in [1.29, 1.82) is 0 Å². The van der Waals surface area contributed by atoms with Crippen LogP contribution in [0.1, 0.15) is 26.2 Å². The first-order valence-electron chi connectivity index (χ1n) is 5.19. The van der Waals surface area contributed by atoms with E-state index in [0.717, 1.165) is 12.8 Å². The number of hydrogen-bond donors (Lipinski definition) is 2. The van der Waals surface area contributed by atoms with Crippen LogP contribution in [-0.4, -0.2) is 45.8 Å². The maximum atomic E-state index is 10.5. The molecule has 2 aliphatic rings. The monoisotopic (exact) mass is 199 g/mol. The summed E-state index contributed by atoms with van der Waals surface area (Å²) >= 11 is 0. The number of carbonyl (C=O) groups is 1. The van der Waals surface area contributed by atoms with Gasteiger partial charge in [0.15, 0.2) is 0 Å². The van der Waals surface area contributed by atoms with Gasteiger partial charge in [0.1, 0.15) is 0 Å². The number of aliphatic hydroxyl groups is 1. The maximum absolute atomic E-state index is 10.5. The first-order valence-corrected chi connectivity index (χ1v) is 5.19. The number of likely N-dealkylation sites (tertiary alicyclic amines) is 1. The fraction of sp³-hybridized carbons (Fsp3) is 0.900. The van der Waals surface area contributed by atoms with Crippen LogP contribution in [0.15, 0.2) is 0 Å². The number of β-amino-alcohol motifs (C(OH)–C–C–N with tert-alkyl or cyclic N) is 1. The lowest BCUT2D eigenvalue weighted by Crippen LogP contribution is -2.65. The van der Waals surface area contributed by atoms with Gasteiger partial charge in [0.05, 0.1) is 12.0 Å². The molecule has 1 atom stereocenters. The Morgan fingerprint density at radius 1 is 1.57 bits per heavy atom. The van der Waals surface area contributed by atoms with Crippen molar-refractivity contribution in [3.63, 3.8) is 0 Å². The van der Waals surface area contributed by atoms with Crippen molar-refractivity contribution in [2.75, 3.05) is 13.1 Å². The summed E-state index contributed by atoms with van der Waals surface area (Å²) in [6.45, 7) is 3.22. The number of rotatable bonds is 4. The van der Waals surface area contributed by atoms with E-state index >= 15 is 0 Å². The van der Waals surface area contributed by atoms with Crippen molar-refractivity contribution in [2.24, 2.45) is 5.92 Å². The van der Waals surface area contributed by atoms with Crippen LogP contribution in [-0.2, 0) is 4.79 Å². The standard InChI is InChI=1S/C10H17NO3/c1-7(4-9(12)13)11-5-10(14,6-11)8-2-3-8/h7-8,14H,2-6H2,1H3,(H,12,13). The highest BCUT2D eigenvalue weighted by Crippen LogP contribution is 2.45. The van der Waals surface area contributed by atoms with Gasteiger partial charge >= 0.3 is 5.97 Å². The van der Waals surface area contributed by atoms with Crippen LogP contribution in [0.25, 0.3) is 0 Å². The molecule has 2 fully saturated rings. The van der Waals surface area contributed by atoms with E-state index in [1.807, 2.05) is 11.8 Å². The molecular weight excluding hydrogens is 182 g/mol. The fourth-order valence-electron chi connectivity index (χ4n) is 2.23. The van der Waals surface area contributed by atoms with Gasteiger partial charge in [0.25, 0.3) is 0 Å². The summed E-state index contributed by atoms with van der Waals surface area (Å²) in [7, 11) is 0. The summed E-state index contributed by atoms with van der Waals surface area (Å²) in [4.78, 5) is 12.5. The molecule has 1 aliphatic heterocycles. The van der Waals surface area contributed by atoms with Gasteiger partial charge in [-0.2, -0.15) is 0 Å². The van der Waals surface area contributed by atoms with Crippen LogP contribution in [0, 0.1) is 5.92 Å². The van der Waals surface area contributed by atoms with Crippen LogP contribution in [0.2, 0.25) is 0 Å². The molecular formula is C10H17NO3. The average Bonchev–Trinajstić information content (AvgIpc) is 2.78. The minimum atomic E-state index is -0.764. The molecule has 1 saturated heterocycles. The van der Waals surface area contributed by atoms with E-state index in [1.54, 1.807) is 0 Å². The van der Waals surface area contributed by atoms with Crippen molar-refractivity contribution in [1.82, 2.24) is 4.90 Å². The highest BCUT2D eigenvalue weighted by molar-refractivity contribution is 5.67. The second-order valence-electron chi connectivity index (χ2n) is 4.73. The molecule has 4 heteroatoms. The van der Waals surface area contributed by atoms with Gasteiger partial charge in [-0.1, -0.05) is 0 Å². The number of carboxylic acid groups (broad SMARTS) is 1. The van der Waals surface area contributed by atoms with Gasteiger partial charge in [-0.15, -0.1) is 0 Å². The molecule has 0 bridgehead atoms. The van der Waals surface area contributed by atoms with E-state index in [0.29, 0.717) is 19.0 Å². The zero-order valence-electron chi connectivity index (χ0n) is 8.44. The summed E-state index contributed by atoms with van der Waals surface area (Å²) in [6, 6.07) is 0.0477. The van der Waals surface area contributed by atoms with Crippen molar-refractivity contribution in [3.8, 4) is 0 Å². The molecule has 0 aromatic rings. The molecule has 14 heavy (non-hydrogen) atoms. The molecule has 1 unspecified atom stereocenters. The lowest BCUT2D eigenvalue weighted by atomic mass is 9.87. The zero-order valence-corrected chi connectivity index (χ0v) is 8.44. The van der Waals surface area contributed by atoms with E-state index in [4.69, 9.17) is 5.11 Å². The summed E-state index contributed by atoms with van der Waals surface area (Å²) in [6.07, 6.45) is 2.44. The Labute approximate surface area is 83.5 Å². The van der Waals surface area contributed by atoms with E-state index in [-0.39, 0.29) is 12.5 Å². The SMILES string of the molecule is CC(CC(=O)O)N1CC(O)(C2CC2)C1. The largest absolute Gasteiger partial charge is 0.481 e. The van der Waals surface area contributed by atoms with Crippen LogP contribution in [0.4, 0.5) is 0 Å². The normalized spacial score (nSPS) is 28.1. The molecule has 0 aromatic heterocycles. The van der Waals surface area contributed by atoms with Crippen LogP contribution in [0.5, 0.6) is 0 Å². The number of carboxylic acids is 1. The lowest BCUT2D eigenvalue weighted by molar-refractivity contribution is -0.147. The zero-order chi connectivity index (χ0) is 10.3. The highest BCUT2D eigenvalue weighted by Gasteiger charge is 2.52. The Hall–Kier alpha value is -0.610. The highest BCUT2D eigenvalue weighted by atomic mass is 16.4. The summed E-state index contributed by atoms with van der Waals surface area (Å²) in [5.41, 5.74) is -0.493. The third-order valence-corrected chi connectivity index (χ3v) is 3.38. The molecule has 80 valence electrons. The van der Waals surface area contributed by atoms with Crippen molar-refractivity contribution in [2.45, 2.75) is 37.8 Å². The predicted molar refractivity (Wildman–Crippen MR) is 51.0 cm³/mol. The summed E-state index contributed by atoms with van der Waals surface area (Å²) in [5, 5.41) is 18.6. The minimum Gasteiger partial charge on any atom is -0.481 e. The summed E-state index contributed by atoms with van der Waals surface area (Å²) in [5.74, 6) is -0.282. The molecule has 1 aliphatic carbocycles. The first kappa shape index (κ1) is 9.93. The fourth-order valence-corrected chi connectivity index (χ4v) is 2.23. The summed E-state index contributed by atoms with van der Waals surface area (Å²) < 4.78 is 0. The van der Waals surface area contributed by atoms with Crippen molar-refractivity contribution >= 4 is 5.97 Å². The Morgan fingerprint density at radius 2 is 2.14 bits per heavy atom. The Balaban J connectivity index is 1.78. The van der Waals surface area contributed by atoms with Crippen LogP contribution in [0.3, 0.4) is 0 Å². The van der Waals surface area contributed by atoms with Gasteiger partial charge in [0.2, 0.25) is 0 Å². The number of aliphatic carboxylic acids is 1. The Morgan fingerprint density at radius 3 is 2.57 bits per heavy atom. The van der Waals surface area contributed by atoms with Gasteiger partial charge in [-0.25, -0.2) is 0 Å². The smallest absolute Gasteiger partial charge is 0.304 e. The molecule has 0 spiro atoms.